The van der Waals surface area contributed by atoms with E-state index in [1.54, 1.807) is 54.6 Å². The van der Waals surface area contributed by atoms with Gasteiger partial charge in [0, 0.05) is 17.3 Å². The molecule has 1 amide bonds. The van der Waals surface area contributed by atoms with Gasteiger partial charge < -0.3 is 23.7 Å². The van der Waals surface area contributed by atoms with Crippen LogP contribution in [0, 0.1) is 0 Å². The fourth-order valence-electron chi connectivity index (χ4n) is 3.90. The second-order valence-corrected chi connectivity index (χ2v) is 7.60. The zero-order valence-electron chi connectivity index (χ0n) is 19.1. The molecule has 34 heavy (non-hydrogen) atoms. The Morgan fingerprint density at radius 2 is 1.82 bits per heavy atom. The lowest BCUT2D eigenvalue weighted by Gasteiger charge is -2.24. The predicted octanol–water partition coefficient (Wildman–Crippen LogP) is 4.71. The first-order valence-corrected chi connectivity index (χ1v) is 10.8. The molecule has 1 aromatic heterocycles. The van der Waals surface area contributed by atoms with Gasteiger partial charge in [-0.1, -0.05) is 19.1 Å². The van der Waals surface area contributed by atoms with Crippen LogP contribution in [-0.4, -0.2) is 37.6 Å². The highest BCUT2D eigenvalue weighted by Gasteiger charge is 2.48. The Balaban J connectivity index is 1.86. The Hall–Kier alpha value is -4.20. The number of rotatable bonds is 8. The number of furan rings is 1. The summed E-state index contributed by atoms with van der Waals surface area (Å²) in [6.45, 7) is 2.50. The fourth-order valence-corrected chi connectivity index (χ4v) is 3.90. The molecule has 0 spiro atoms. The van der Waals surface area contributed by atoms with Crippen molar-refractivity contribution in [3.05, 3.63) is 77.8 Å². The number of aliphatic hydroxyl groups excluding tert-OH is 1. The predicted molar refractivity (Wildman–Crippen MR) is 125 cm³/mol. The molecule has 2 aromatic carbocycles. The summed E-state index contributed by atoms with van der Waals surface area (Å²) in [6, 6.07) is 14.0. The first-order valence-electron chi connectivity index (χ1n) is 10.8. The highest BCUT2D eigenvalue weighted by Crippen LogP contribution is 2.44. The summed E-state index contributed by atoms with van der Waals surface area (Å²) in [5, 5.41) is 11.2. The maximum atomic E-state index is 13.2. The van der Waals surface area contributed by atoms with Gasteiger partial charge in [0.05, 0.1) is 32.7 Å². The SMILES string of the molecule is CCCOc1cccc(/C(O)=C2/C(=O)C(=O)N(c3ccc(OC)c(OC)c3)C2c2ccco2)c1. The van der Waals surface area contributed by atoms with Gasteiger partial charge in [0.2, 0.25) is 0 Å². The molecule has 8 nitrogen and oxygen atoms in total. The van der Waals surface area contributed by atoms with Crippen molar-refractivity contribution in [1.82, 2.24) is 0 Å². The molecule has 1 atom stereocenters. The summed E-state index contributed by atoms with van der Waals surface area (Å²) in [5.74, 6) is -0.197. The Bertz CT molecular complexity index is 1230. The number of ketones is 1. The second kappa shape index (κ2) is 9.74. The van der Waals surface area contributed by atoms with Gasteiger partial charge in [0.15, 0.2) is 11.5 Å². The molecule has 1 saturated heterocycles. The topological polar surface area (TPSA) is 98.4 Å². The number of hydrogen-bond acceptors (Lipinski definition) is 7. The Morgan fingerprint density at radius 3 is 2.50 bits per heavy atom. The smallest absolute Gasteiger partial charge is 0.300 e. The summed E-state index contributed by atoms with van der Waals surface area (Å²) in [7, 11) is 2.98. The maximum Gasteiger partial charge on any atom is 0.300 e. The minimum Gasteiger partial charge on any atom is -0.507 e. The van der Waals surface area contributed by atoms with E-state index < -0.39 is 17.7 Å². The number of ether oxygens (including phenoxy) is 3. The van der Waals surface area contributed by atoms with E-state index >= 15 is 0 Å². The van der Waals surface area contributed by atoms with Crippen molar-refractivity contribution in [2.75, 3.05) is 25.7 Å². The highest BCUT2D eigenvalue weighted by atomic mass is 16.5. The van der Waals surface area contributed by atoms with Crippen molar-refractivity contribution in [3.63, 3.8) is 0 Å². The zero-order valence-corrected chi connectivity index (χ0v) is 19.1. The van der Waals surface area contributed by atoms with Crippen molar-refractivity contribution in [2.45, 2.75) is 19.4 Å². The van der Waals surface area contributed by atoms with Crippen LogP contribution >= 0.6 is 0 Å². The molecular weight excluding hydrogens is 438 g/mol. The average molecular weight is 463 g/mol. The first-order chi connectivity index (χ1) is 16.5. The molecule has 0 saturated carbocycles. The van der Waals surface area contributed by atoms with E-state index in [1.165, 1.54) is 25.4 Å². The van der Waals surface area contributed by atoms with E-state index in [4.69, 9.17) is 18.6 Å². The molecule has 3 aromatic rings. The Labute approximate surface area is 197 Å². The molecule has 0 bridgehead atoms. The molecule has 4 rings (SSSR count). The van der Waals surface area contributed by atoms with Crippen LogP contribution in [0.25, 0.3) is 5.76 Å². The molecule has 1 unspecified atom stereocenters. The molecule has 0 radical (unpaired) electrons. The van der Waals surface area contributed by atoms with Crippen LogP contribution in [-0.2, 0) is 9.59 Å². The van der Waals surface area contributed by atoms with Gasteiger partial charge in [-0.2, -0.15) is 0 Å². The van der Waals surface area contributed by atoms with Crippen LogP contribution in [0.5, 0.6) is 17.2 Å². The number of carbonyl (C=O) groups is 2. The molecule has 176 valence electrons. The number of Topliss-reactive ketones (excluding diaryl/α,β-unsaturated/α-hetero) is 1. The van der Waals surface area contributed by atoms with Gasteiger partial charge >= 0.3 is 0 Å². The van der Waals surface area contributed by atoms with E-state index in [0.29, 0.717) is 40.9 Å². The van der Waals surface area contributed by atoms with E-state index in [2.05, 4.69) is 0 Å². The van der Waals surface area contributed by atoms with Gasteiger partial charge in [0.25, 0.3) is 11.7 Å². The van der Waals surface area contributed by atoms with Gasteiger partial charge in [-0.05, 0) is 42.8 Å². The normalized spacial score (nSPS) is 17.1. The van der Waals surface area contributed by atoms with Crippen LogP contribution < -0.4 is 19.1 Å². The largest absolute Gasteiger partial charge is 0.507 e. The van der Waals surface area contributed by atoms with Crippen molar-refractivity contribution in [1.29, 1.82) is 0 Å². The molecule has 1 N–H and O–H groups in total. The lowest BCUT2D eigenvalue weighted by Crippen LogP contribution is -2.29. The minimum atomic E-state index is -0.978. The van der Waals surface area contributed by atoms with E-state index in [0.717, 1.165) is 6.42 Å². The number of methoxy groups -OCH3 is 2. The van der Waals surface area contributed by atoms with Gasteiger partial charge in [0.1, 0.15) is 23.3 Å². The number of hydrogen-bond donors (Lipinski definition) is 1. The second-order valence-electron chi connectivity index (χ2n) is 7.60. The maximum absolute atomic E-state index is 13.2. The number of benzene rings is 2. The fraction of sp³-hybridized carbons (Fsp3) is 0.231. The summed E-state index contributed by atoms with van der Waals surface area (Å²) < 4.78 is 21.9. The Kier molecular flexibility index (Phi) is 6.58. The summed E-state index contributed by atoms with van der Waals surface area (Å²) in [4.78, 5) is 27.7. The monoisotopic (exact) mass is 463 g/mol. The molecule has 1 fully saturated rings. The number of anilines is 1. The summed E-state index contributed by atoms with van der Waals surface area (Å²) in [6.07, 6.45) is 2.27. The zero-order chi connectivity index (χ0) is 24.2. The van der Waals surface area contributed by atoms with E-state index in [9.17, 15) is 14.7 Å². The van der Waals surface area contributed by atoms with Crippen molar-refractivity contribution >= 4 is 23.1 Å². The number of carbonyl (C=O) groups excluding carboxylic acids is 2. The molecule has 0 aliphatic carbocycles. The highest BCUT2D eigenvalue weighted by molar-refractivity contribution is 6.51. The average Bonchev–Trinajstić information content (AvgIpc) is 3.49. The third-order valence-corrected chi connectivity index (χ3v) is 5.48. The minimum absolute atomic E-state index is 0.0811. The third-order valence-electron chi connectivity index (χ3n) is 5.48. The third kappa shape index (κ3) is 4.10. The lowest BCUT2D eigenvalue weighted by molar-refractivity contribution is -0.132. The Morgan fingerprint density at radius 1 is 1.03 bits per heavy atom. The quantitative estimate of drug-likeness (QED) is 0.293. The number of amides is 1. The molecular formula is C26H25NO7. The number of nitrogens with zero attached hydrogens (tertiary/aromatic N) is 1. The number of aliphatic hydroxyl groups is 1. The molecule has 1 aliphatic rings. The van der Waals surface area contributed by atoms with Gasteiger partial charge in [-0.15, -0.1) is 0 Å². The van der Waals surface area contributed by atoms with Gasteiger partial charge in [-0.3, -0.25) is 14.5 Å². The van der Waals surface area contributed by atoms with Crippen LogP contribution in [0.15, 0.2) is 70.9 Å². The summed E-state index contributed by atoms with van der Waals surface area (Å²) in [5.41, 5.74) is 0.665. The first kappa shape index (κ1) is 23.0. The van der Waals surface area contributed by atoms with Crippen LogP contribution in [0.3, 0.4) is 0 Å². The van der Waals surface area contributed by atoms with Crippen LogP contribution in [0.2, 0.25) is 0 Å². The lowest BCUT2D eigenvalue weighted by atomic mass is 9.99. The van der Waals surface area contributed by atoms with Crippen LogP contribution in [0.4, 0.5) is 5.69 Å². The molecule has 2 heterocycles. The molecule has 8 heteroatoms. The van der Waals surface area contributed by atoms with E-state index in [1.807, 2.05) is 6.92 Å². The standard InChI is InChI=1S/C26H25NO7/c1-4-12-33-18-8-5-7-16(14-18)24(28)22-23(20-9-6-13-34-20)27(26(30)25(22)29)17-10-11-19(31-2)21(15-17)32-3/h5-11,13-15,23,28H,4,12H2,1-3H3/b24-22-. The molecule has 1 aliphatic heterocycles. The van der Waals surface area contributed by atoms with Crippen molar-refractivity contribution in [3.8, 4) is 17.2 Å². The van der Waals surface area contributed by atoms with Crippen molar-refractivity contribution < 1.29 is 33.3 Å². The van der Waals surface area contributed by atoms with Crippen molar-refractivity contribution in [2.24, 2.45) is 0 Å². The van der Waals surface area contributed by atoms with E-state index in [-0.39, 0.29) is 11.3 Å². The van der Waals surface area contributed by atoms with Gasteiger partial charge in [-0.25, -0.2) is 0 Å². The summed E-state index contributed by atoms with van der Waals surface area (Å²) >= 11 is 0. The van der Waals surface area contributed by atoms with Crippen LogP contribution in [0.1, 0.15) is 30.7 Å².